The summed E-state index contributed by atoms with van der Waals surface area (Å²) in [5.41, 5.74) is 9.14. The summed E-state index contributed by atoms with van der Waals surface area (Å²) in [7, 11) is 0. The van der Waals surface area contributed by atoms with E-state index in [1.165, 1.54) is 5.56 Å². The highest BCUT2D eigenvalue weighted by Gasteiger charge is 2.22. The van der Waals surface area contributed by atoms with E-state index in [-0.39, 0.29) is 0 Å². The number of nitrogens with two attached hydrogens (primary N) is 1. The van der Waals surface area contributed by atoms with Crippen LogP contribution in [0.3, 0.4) is 0 Å². The van der Waals surface area contributed by atoms with Crippen molar-refractivity contribution in [1.29, 1.82) is 0 Å². The number of rotatable bonds is 2. The number of quaternary nitrogens is 1. The Balaban J connectivity index is 1.80. The van der Waals surface area contributed by atoms with Crippen LogP contribution in [0.2, 0.25) is 0 Å². The van der Waals surface area contributed by atoms with E-state index in [2.05, 4.69) is 46.5 Å². The van der Waals surface area contributed by atoms with Gasteiger partial charge in [0, 0.05) is 5.69 Å². The van der Waals surface area contributed by atoms with E-state index in [9.17, 15) is 0 Å². The number of allylic oxidation sites excluding steroid dienone is 4. The van der Waals surface area contributed by atoms with Gasteiger partial charge in [0.25, 0.3) is 0 Å². The zero-order valence-electron chi connectivity index (χ0n) is 13.6. The molecule has 0 bridgehead atoms. The zero-order chi connectivity index (χ0) is 16.4. The molecule has 2 aromatic heterocycles. The molecule has 0 unspecified atom stereocenters. The highest BCUT2D eigenvalue weighted by atomic mass is 15.3. The maximum absolute atomic E-state index is 4.88. The van der Waals surface area contributed by atoms with Crippen molar-refractivity contribution in [1.82, 2.24) is 9.97 Å². The first-order valence-electron chi connectivity index (χ1n) is 8.19. The van der Waals surface area contributed by atoms with Crippen LogP contribution >= 0.6 is 0 Å². The summed E-state index contributed by atoms with van der Waals surface area (Å²) in [4.78, 5) is 9.50. The molecule has 0 saturated heterocycles. The van der Waals surface area contributed by atoms with Crippen molar-refractivity contribution in [2.75, 3.05) is 0 Å². The molecule has 1 aliphatic heterocycles. The first-order valence-corrected chi connectivity index (χ1v) is 8.19. The van der Waals surface area contributed by atoms with Crippen LogP contribution in [-0.2, 0) is 6.42 Å². The minimum absolute atomic E-state index is 0.939. The molecule has 0 radical (unpaired) electrons. The molecule has 0 atom stereocenters. The Hall–Kier alpha value is -2.85. The van der Waals surface area contributed by atoms with Gasteiger partial charge in [-0.1, -0.05) is 35.5 Å². The van der Waals surface area contributed by atoms with Crippen molar-refractivity contribution >= 4 is 23.6 Å². The van der Waals surface area contributed by atoms with Gasteiger partial charge in [-0.15, -0.1) is 0 Å². The van der Waals surface area contributed by atoms with Crippen molar-refractivity contribution in [2.45, 2.75) is 19.8 Å². The third-order valence-electron chi connectivity index (χ3n) is 4.23. The molecule has 0 saturated carbocycles. The van der Waals surface area contributed by atoms with Gasteiger partial charge >= 0.3 is 0 Å². The van der Waals surface area contributed by atoms with Crippen molar-refractivity contribution in [3.05, 3.63) is 76.9 Å². The third-order valence-corrected chi connectivity index (χ3v) is 4.23. The average molecular weight is 315 g/mol. The van der Waals surface area contributed by atoms with E-state index in [1.807, 2.05) is 36.8 Å². The van der Waals surface area contributed by atoms with Crippen molar-refractivity contribution in [3.63, 3.8) is 0 Å². The van der Waals surface area contributed by atoms with E-state index < -0.39 is 0 Å². The van der Waals surface area contributed by atoms with Gasteiger partial charge in [0.2, 0.25) is 0 Å². The number of hydrogen-bond acceptors (Lipinski definition) is 3. The summed E-state index contributed by atoms with van der Waals surface area (Å²) >= 11 is 0. The molecule has 118 valence electrons. The lowest BCUT2D eigenvalue weighted by Gasteiger charge is -2.09. The second kappa shape index (κ2) is 6.34. The molecule has 24 heavy (non-hydrogen) atoms. The fraction of sp³-hybridized carbons (Fsp3) is 0.150. The largest absolute Gasteiger partial charge is 0.248 e. The Labute approximate surface area is 141 Å². The van der Waals surface area contributed by atoms with E-state index in [1.54, 1.807) is 0 Å². The summed E-state index contributed by atoms with van der Waals surface area (Å²) < 4.78 is 0. The predicted molar refractivity (Wildman–Crippen MR) is 96.9 cm³/mol. The zero-order valence-corrected chi connectivity index (χ0v) is 13.6. The molecule has 0 spiro atoms. The molecule has 0 fully saturated rings. The standard InChI is InChI=1S/C20H18N4/c1-14-7-6-10-19(22-14)20-16(13-21-24-20)18-12-11-15-8-4-2-3-5-9-17(15)23-18/h2-3,5-7,9-13H,4,8H2,1H3,(H,21,24)/p+1/b3-2-,9-5-. The van der Waals surface area contributed by atoms with Gasteiger partial charge in [-0.2, -0.15) is 5.43 Å². The van der Waals surface area contributed by atoms with Gasteiger partial charge in [0.1, 0.15) is 5.69 Å². The Bertz CT molecular complexity index is 904. The van der Waals surface area contributed by atoms with Gasteiger partial charge in [-0.05, 0) is 49.6 Å². The molecule has 2 N–H and O–H groups in total. The van der Waals surface area contributed by atoms with E-state index in [4.69, 9.17) is 4.98 Å². The Morgan fingerprint density at radius 2 is 1.96 bits per heavy atom. The van der Waals surface area contributed by atoms with Crippen molar-refractivity contribution in [3.8, 4) is 0 Å². The molecule has 4 heteroatoms. The predicted octanol–water partition coefficient (Wildman–Crippen LogP) is 2.73. The Kier molecular flexibility index (Phi) is 3.89. The topological polar surface area (TPSA) is 54.8 Å². The number of pyridine rings is 2. The van der Waals surface area contributed by atoms with Crippen LogP contribution in [0.4, 0.5) is 0 Å². The van der Waals surface area contributed by atoms with Crippen LogP contribution < -0.4 is 5.43 Å². The summed E-state index contributed by atoms with van der Waals surface area (Å²) in [5.74, 6) is 0. The summed E-state index contributed by atoms with van der Waals surface area (Å²) in [6.07, 6.45) is 12.4. The lowest BCUT2D eigenvalue weighted by molar-refractivity contribution is -0.565. The van der Waals surface area contributed by atoms with Crippen LogP contribution in [-0.4, -0.2) is 16.2 Å². The second-order valence-corrected chi connectivity index (χ2v) is 5.97. The smallest absolute Gasteiger partial charge is 0.193 e. The summed E-state index contributed by atoms with van der Waals surface area (Å²) in [6.45, 7) is 2.00. The normalized spacial score (nSPS) is 18.9. The molecule has 2 aromatic rings. The fourth-order valence-corrected chi connectivity index (χ4v) is 3.00. The Morgan fingerprint density at radius 3 is 2.88 bits per heavy atom. The van der Waals surface area contributed by atoms with Crippen LogP contribution in [0, 0.1) is 6.92 Å². The van der Waals surface area contributed by atoms with Crippen LogP contribution in [0.15, 0.2) is 53.7 Å². The first-order chi connectivity index (χ1) is 11.8. The van der Waals surface area contributed by atoms with Crippen molar-refractivity contribution in [2.24, 2.45) is 5.10 Å². The quantitative estimate of drug-likeness (QED) is 0.866. The maximum atomic E-state index is 4.88. The van der Waals surface area contributed by atoms with Gasteiger partial charge in [-0.25, -0.2) is 9.97 Å². The number of fused-ring (bicyclic) bond motifs is 1. The highest BCUT2D eigenvalue weighted by molar-refractivity contribution is 6.18. The number of aromatic nitrogens is 2. The molecule has 0 aromatic carbocycles. The molecule has 0 amide bonds. The van der Waals surface area contributed by atoms with Gasteiger partial charge in [0.15, 0.2) is 5.70 Å². The van der Waals surface area contributed by atoms with Crippen molar-refractivity contribution < 1.29 is 5.43 Å². The molecule has 3 heterocycles. The lowest BCUT2D eigenvalue weighted by Crippen LogP contribution is -2.73. The van der Waals surface area contributed by atoms with Crippen LogP contribution in [0.5, 0.6) is 0 Å². The van der Waals surface area contributed by atoms with Crippen LogP contribution in [0.25, 0.3) is 17.3 Å². The Morgan fingerprint density at radius 1 is 1.00 bits per heavy atom. The minimum atomic E-state index is 0.939. The maximum Gasteiger partial charge on any atom is 0.193 e. The first kappa shape index (κ1) is 14.7. The third kappa shape index (κ3) is 2.84. The van der Waals surface area contributed by atoms with Gasteiger partial charge in [0.05, 0.1) is 23.2 Å². The molecule has 4 nitrogen and oxygen atoms in total. The number of hydrogen-bond donors (Lipinski definition) is 1. The van der Waals surface area contributed by atoms with E-state index in [0.29, 0.717) is 0 Å². The monoisotopic (exact) mass is 315 g/mol. The molecular formula is C20H19N4+. The van der Waals surface area contributed by atoms with E-state index in [0.717, 1.165) is 46.9 Å². The summed E-state index contributed by atoms with van der Waals surface area (Å²) in [5, 5.41) is 4.34. The van der Waals surface area contributed by atoms with Gasteiger partial charge < -0.3 is 0 Å². The minimum Gasteiger partial charge on any atom is -0.248 e. The SMILES string of the molecule is Cc1cccc(C2=C(c3ccc4c(n3)/C=C\C=C/CC4)C=N[NH2+]2)n1. The second-order valence-electron chi connectivity index (χ2n) is 5.97. The molecular weight excluding hydrogens is 296 g/mol. The summed E-state index contributed by atoms with van der Waals surface area (Å²) in [6, 6.07) is 10.3. The van der Waals surface area contributed by atoms with Gasteiger partial charge in [-0.3, -0.25) is 0 Å². The average Bonchev–Trinajstić information content (AvgIpc) is 3.05. The molecule has 1 aliphatic carbocycles. The number of aryl methyl sites for hydroxylation is 2. The highest BCUT2D eigenvalue weighted by Crippen LogP contribution is 2.23. The number of nitrogens with zero attached hydrogens (tertiary/aromatic N) is 3. The fourth-order valence-electron chi connectivity index (χ4n) is 3.00. The van der Waals surface area contributed by atoms with E-state index >= 15 is 0 Å². The molecule has 2 aliphatic rings. The molecule has 4 rings (SSSR count). The van der Waals surface area contributed by atoms with Crippen LogP contribution in [0.1, 0.15) is 34.8 Å². The lowest BCUT2D eigenvalue weighted by atomic mass is 10.0.